The number of nitrogens with zero attached hydrogens (tertiary/aromatic N) is 3. The van der Waals surface area contributed by atoms with Gasteiger partial charge in [0.1, 0.15) is 0 Å². The Morgan fingerprint density at radius 1 is 1.30 bits per heavy atom. The van der Waals surface area contributed by atoms with Crippen molar-refractivity contribution in [2.45, 2.75) is 31.7 Å². The summed E-state index contributed by atoms with van der Waals surface area (Å²) in [6.45, 7) is 3.74. The normalized spacial score (nSPS) is 19.8. The van der Waals surface area contributed by atoms with E-state index in [1.807, 2.05) is 25.4 Å². The fraction of sp³-hybridized carbons (Fsp3) is 0.444. The van der Waals surface area contributed by atoms with E-state index in [1.165, 1.54) is 5.56 Å². The maximum atomic E-state index is 12.7. The van der Waals surface area contributed by atoms with E-state index in [4.69, 9.17) is 0 Å². The highest BCUT2D eigenvalue weighted by atomic mass is 16.2. The largest absolute Gasteiger partial charge is 0.305 e. The molecule has 2 aromatic rings. The van der Waals surface area contributed by atoms with Crippen molar-refractivity contribution in [3.63, 3.8) is 0 Å². The van der Waals surface area contributed by atoms with Crippen LogP contribution in [0.2, 0.25) is 0 Å². The lowest BCUT2D eigenvalue weighted by Gasteiger charge is -2.32. The lowest BCUT2D eigenvalue weighted by atomic mass is 9.99. The van der Waals surface area contributed by atoms with Gasteiger partial charge in [-0.05, 0) is 24.3 Å². The van der Waals surface area contributed by atoms with Crippen LogP contribution in [0.1, 0.15) is 31.2 Å². The molecule has 1 aromatic carbocycles. The van der Waals surface area contributed by atoms with Crippen LogP contribution in [0.4, 0.5) is 5.82 Å². The van der Waals surface area contributed by atoms with E-state index in [-0.39, 0.29) is 11.9 Å². The summed E-state index contributed by atoms with van der Waals surface area (Å²) in [7, 11) is 1.87. The zero-order valence-corrected chi connectivity index (χ0v) is 13.8. The van der Waals surface area contributed by atoms with Crippen molar-refractivity contribution in [3.8, 4) is 0 Å². The second-order valence-electron chi connectivity index (χ2n) is 6.25. The molecule has 122 valence electrons. The predicted octanol–water partition coefficient (Wildman–Crippen LogP) is 2.31. The van der Waals surface area contributed by atoms with Crippen LogP contribution in [0.15, 0.2) is 42.6 Å². The summed E-state index contributed by atoms with van der Waals surface area (Å²) in [6.07, 6.45) is 3.76. The zero-order valence-electron chi connectivity index (χ0n) is 13.8. The molecule has 0 radical (unpaired) electrons. The van der Waals surface area contributed by atoms with Crippen LogP contribution in [0, 0.1) is 0 Å². The van der Waals surface area contributed by atoms with Crippen LogP contribution in [0.5, 0.6) is 0 Å². The maximum Gasteiger partial charge on any atom is 0.245 e. The molecule has 1 aromatic heterocycles. The monoisotopic (exact) mass is 312 g/mol. The first-order valence-electron chi connectivity index (χ1n) is 8.24. The summed E-state index contributed by atoms with van der Waals surface area (Å²) >= 11 is 0. The quantitative estimate of drug-likeness (QED) is 0.922. The van der Waals surface area contributed by atoms with Gasteiger partial charge >= 0.3 is 0 Å². The van der Waals surface area contributed by atoms with Gasteiger partial charge in [-0.1, -0.05) is 37.3 Å². The first kappa shape index (κ1) is 15.7. The van der Waals surface area contributed by atoms with Crippen LogP contribution in [-0.4, -0.2) is 34.8 Å². The number of aromatic nitrogens is 2. The van der Waals surface area contributed by atoms with Crippen LogP contribution in [-0.2, 0) is 11.8 Å². The molecule has 2 atom stereocenters. The summed E-state index contributed by atoms with van der Waals surface area (Å²) in [5.74, 6) is 1.27. The van der Waals surface area contributed by atoms with Gasteiger partial charge in [-0.15, -0.1) is 0 Å². The van der Waals surface area contributed by atoms with Gasteiger partial charge in [0, 0.05) is 32.4 Å². The number of carbonyl (C=O) groups excluding carboxylic acids is 1. The molecule has 5 heteroatoms. The fourth-order valence-corrected chi connectivity index (χ4v) is 3.06. The Labute approximate surface area is 137 Å². The number of rotatable bonds is 5. The minimum Gasteiger partial charge on any atom is -0.305 e. The molecule has 0 spiro atoms. The number of nitrogens with one attached hydrogen (secondary N) is 1. The van der Waals surface area contributed by atoms with E-state index in [0.717, 1.165) is 31.7 Å². The van der Waals surface area contributed by atoms with Crippen LogP contribution >= 0.6 is 0 Å². The van der Waals surface area contributed by atoms with Crippen molar-refractivity contribution in [2.75, 3.05) is 18.0 Å². The molecule has 0 aliphatic carbocycles. The van der Waals surface area contributed by atoms with Gasteiger partial charge in [-0.3, -0.25) is 14.4 Å². The second-order valence-corrected chi connectivity index (χ2v) is 6.25. The Kier molecular flexibility index (Phi) is 4.76. The van der Waals surface area contributed by atoms with Crippen molar-refractivity contribution in [1.29, 1.82) is 0 Å². The van der Waals surface area contributed by atoms with Crippen LogP contribution in [0.25, 0.3) is 0 Å². The summed E-state index contributed by atoms with van der Waals surface area (Å²) in [4.78, 5) is 14.5. The topological polar surface area (TPSA) is 50.2 Å². The number of amides is 1. The maximum absolute atomic E-state index is 12.7. The Bertz CT molecular complexity index is 652. The Morgan fingerprint density at radius 2 is 2.09 bits per heavy atom. The highest BCUT2D eigenvalue weighted by Gasteiger charge is 2.30. The molecule has 2 unspecified atom stereocenters. The standard InChI is InChI=1S/C18H24N4O/c1-14(15-7-4-3-5-8-15)13-19-16-9-6-11-22(18(16)23)17-10-12-21(2)20-17/h3-5,7-8,10,12,14,16,19H,6,9,11,13H2,1-2H3. The average molecular weight is 312 g/mol. The number of carbonyl (C=O) groups is 1. The molecule has 0 saturated carbocycles. The zero-order chi connectivity index (χ0) is 16.2. The molecule has 0 bridgehead atoms. The first-order chi connectivity index (χ1) is 11.1. The number of hydrogen-bond donors (Lipinski definition) is 1. The number of hydrogen-bond acceptors (Lipinski definition) is 3. The van der Waals surface area contributed by atoms with Gasteiger partial charge in [0.05, 0.1) is 6.04 Å². The van der Waals surface area contributed by atoms with E-state index >= 15 is 0 Å². The van der Waals surface area contributed by atoms with Gasteiger partial charge < -0.3 is 5.32 Å². The van der Waals surface area contributed by atoms with Gasteiger partial charge in [0.2, 0.25) is 5.91 Å². The van der Waals surface area contributed by atoms with E-state index in [0.29, 0.717) is 5.92 Å². The highest BCUT2D eigenvalue weighted by molar-refractivity contribution is 5.97. The molecule has 23 heavy (non-hydrogen) atoms. The number of anilines is 1. The number of piperidine rings is 1. The van der Waals surface area contributed by atoms with Crippen molar-refractivity contribution < 1.29 is 4.79 Å². The molecular formula is C18H24N4O. The minimum atomic E-state index is -0.114. The van der Waals surface area contributed by atoms with Crippen molar-refractivity contribution in [3.05, 3.63) is 48.2 Å². The summed E-state index contributed by atoms with van der Waals surface area (Å²) in [6, 6.07) is 12.2. The van der Waals surface area contributed by atoms with Gasteiger partial charge in [0.25, 0.3) is 0 Å². The third-order valence-corrected chi connectivity index (χ3v) is 4.45. The fourth-order valence-electron chi connectivity index (χ4n) is 3.06. The average Bonchev–Trinajstić information content (AvgIpc) is 3.00. The van der Waals surface area contributed by atoms with Gasteiger partial charge in [0.15, 0.2) is 5.82 Å². The molecule has 1 saturated heterocycles. The van der Waals surface area contributed by atoms with Crippen molar-refractivity contribution in [1.82, 2.24) is 15.1 Å². The van der Waals surface area contributed by atoms with Crippen molar-refractivity contribution >= 4 is 11.7 Å². The molecule has 1 aliphatic heterocycles. The summed E-state index contributed by atoms with van der Waals surface area (Å²) in [5, 5.41) is 7.81. The lowest BCUT2D eigenvalue weighted by molar-refractivity contribution is -0.121. The Morgan fingerprint density at radius 3 is 2.78 bits per heavy atom. The SMILES string of the molecule is CC(CNC1CCCN(c2ccn(C)n2)C1=O)c1ccccc1. The van der Waals surface area contributed by atoms with Gasteiger partial charge in [-0.2, -0.15) is 5.10 Å². The molecule has 1 amide bonds. The molecular weight excluding hydrogens is 288 g/mol. The Hall–Kier alpha value is -2.14. The van der Waals surface area contributed by atoms with Crippen molar-refractivity contribution in [2.24, 2.45) is 7.05 Å². The Balaban J connectivity index is 1.60. The lowest BCUT2D eigenvalue weighted by Crippen LogP contribution is -2.51. The number of aryl methyl sites for hydroxylation is 1. The van der Waals surface area contributed by atoms with E-state index in [1.54, 1.807) is 9.58 Å². The molecule has 5 nitrogen and oxygen atoms in total. The third kappa shape index (κ3) is 3.62. The van der Waals surface area contributed by atoms with E-state index < -0.39 is 0 Å². The van der Waals surface area contributed by atoms with E-state index in [2.05, 4.69) is 41.6 Å². The molecule has 2 heterocycles. The van der Waals surface area contributed by atoms with Crippen LogP contribution < -0.4 is 10.2 Å². The molecule has 1 fully saturated rings. The minimum absolute atomic E-state index is 0.114. The van der Waals surface area contributed by atoms with E-state index in [9.17, 15) is 4.79 Å². The molecule has 1 aliphatic rings. The molecule has 3 rings (SSSR count). The highest BCUT2D eigenvalue weighted by Crippen LogP contribution is 2.20. The summed E-state index contributed by atoms with van der Waals surface area (Å²) < 4.78 is 1.73. The van der Waals surface area contributed by atoms with Gasteiger partial charge in [-0.25, -0.2) is 0 Å². The predicted molar refractivity (Wildman–Crippen MR) is 91.4 cm³/mol. The smallest absolute Gasteiger partial charge is 0.245 e. The summed E-state index contributed by atoms with van der Waals surface area (Å²) in [5.41, 5.74) is 1.30. The molecule has 1 N–H and O–H groups in total. The first-order valence-corrected chi connectivity index (χ1v) is 8.24. The third-order valence-electron chi connectivity index (χ3n) is 4.45. The number of benzene rings is 1. The second kappa shape index (κ2) is 6.96. The van der Waals surface area contributed by atoms with Crippen LogP contribution in [0.3, 0.4) is 0 Å².